The highest BCUT2D eigenvalue weighted by atomic mass is 16.4. The van der Waals surface area contributed by atoms with E-state index in [2.05, 4.69) is 20.8 Å². The Hall–Kier alpha value is -1.10. The van der Waals surface area contributed by atoms with E-state index in [9.17, 15) is 9.59 Å². The van der Waals surface area contributed by atoms with Gasteiger partial charge in [-0.25, -0.2) is 0 Å². The van der Waals surface area contributed by atoms with Crippen molar-refractivity contribution >= 4 is 11.9 Å². The van der Waals surface area contributed by atoms with Gasteiger partial charge in [-0.2, -0.15) is 0 Å². The number of aliphatic carboxylic acids is 1. The van der Waals surface area contributed by atoms with Crippen LogP contribution in [0.15, 0.2) is 0 Å². The number of hydrogen-bond acceptors (Lipinski definition) is 3. The van der Waals surface area contributed by atoms with Crippen molar-refractivity contribution in [1.29, 1.82) is 0 Å². The lowest BCUT2D eigenvalue weighted by Crippen LogP contribution is -2.43. The highest BCUT2D eigenvalue weighted by molar-refractivity contribution is 5.82. The van der Waals surface area contributed by atoms with E-state index in [-0.39, 0.29) is 36.4 Å². The van der Waals surface area contributed by atoms with E-state index in [1.165, 1.54) is 4.90 Å². The van der Waals surface area contributed by atoms with Crippen molar-refractivity contribution in [2.24, 2.45) is 11.1 Å². The van der Waals surface area contributed by atoms with Crippen LogP contribution in [0, 0.1) is 5.41 Å². The Kier molecular flexibility index (Phi) is 6.32. The Bertz CT molecular complexity index is 295. The second-order valence-electron chi connectivity index (χ2n) is 6.24. The van der Waals surface area contributed by atoms with Crippen molar-refractivity contribution in [3.8, 4) is 0 Å². The van der Waals surface area contributed by atoms with Gasteiger partial charge in [0.15, 0.2) is 0 Å². The van der Waals surface area contributed by atoms with E-state index in [1.54, 1.807) is 13.8 Å². The molecule has 0 aliphatic carbocycles. The molecule has 5 heteroatoms. The van der Waals surface area contributed by atoms with E-state index in [0.717, 1.165) is 6.42 Å². The molecule has 0 bridgehead atoms. The molecule has 0 aliphatic rings. The summed E-state index contributed by atoms with van der Waals surface area (Å²) >= 11 is 0. The van der Waals surface area contributed by atoms with E-state index < -0.39 is 5.97 Å². The van der Waals surface area contributed by atoms with Gasteiger partial charge < -0.3 is 15.7 Å². The minimum Gasteiger partial charge on any atom is -0.480 e. The fourth-order valence-corrected chi connectivity index (χ4v) is 1.90. The first-order valence-electron chi connectivity index (χ1n) is 6.30. The standard InChI is InChI=1S/C13H26N2O3/c1-9(2)15(8-12(17)18)11(16)6-10(14)7-13(3,4)5/h9-10H,6-8,14H2,1-5H3,(H,17,18). The summed E-state index contributed by atoms with van der Waals surface area (Å²) in [4.78, 5) is 24.1. The van der Waals surface area contributed by atoms with E-state index in [4.69, 9.17) is 10.8 Å². The van der Waals surface area contributed by atoms with Crippen LogP contribution in [-0.4, -0.2) is 40.5 Å². The smallest absolute Gasteiger partial charge is 0.323 e. The van der Waals surface area contributed by atoms with Gasteiger partial charge in [0.05, 0.1) is 0 Å². The Labute approximate surface area is 109 Å². The summed E-state index contributed by atoms with van der Waals surface area (Å²) in [5, 5.41) is 8.78. The van der Waals surface area contributed by atoms with E-state index >= 15 is 0 Å². The van der Waals surface area contributed by atoms with Gasteiger partial charge in [0.2, 0.25) is 5.91 Å². The maximum atomic E-state index is 12.0. The molecule has 1 unspecified atom stereocenters. The summed E-state index contributed by atoms with van der Waals surface area (Å²) in [7, 11) is 0. The van der Waals surface area contributed by atoms with Gasteiger partial charge in [-0.05, 0) is 25.7 Å². The maximum absolute atomic E-state index is 12.0. The molecule has 0 aliphatic heterocycles. The van der Waals surface area contributed by atoms with Gasteiger partial charge >= 0.3 is 5.97 Å². The van der Waals surface area contributed by atoms with Crippen molar-refractivity contribution in [1.82, 2.24) is 4.90 Å². The first-order chi connectivity index (χ1) is 8.03. The monoisotopic (exact) mass is 258 g/mol. The Balaban J connectivity index is 4.47. The lowest BCUT2D eigenvalue weighted by Gasteiger charge is -2.28. The number of amides is 1. The SMILES string of the molecule is CC(C)N(CC(=O)O)C(=O)CC(N)CC(C)(C)C. The molecule has 0 saturated heterocycles. The fraction of sp³-hybridized carbons (Fsp3) is 0.846. The van der Waals surface area contributed by atoms with Crippen LogP contribution in [0.3, 0.4) is 0 Å². The number of carbonyl (C=O) groups is 2. The molecule has 1 atom stereocenters. The first-order valence-corrected chi connectivity index (χ1v) is 6.30. The van der Waals surface area contributed by atoms with Crippen LogP contribution in [0.2, 0.25) is 0 Å². The van der Waals surface area contributed by atoms with Gasteiger partial charge in [0.1, 0.15) is 6.54 Å². The van der Waals surface area contributed by atoms with Gasteiger partial charge in [-0.1, -0.05) is 20.8 Å². The van der Waals surface area contributed by atoms with Crippen LogP contribution < -0.4 is 5.73 Å². The fourth-order valence-electron chi connectivity index (χ4n) is 1.90. The Morgan fingerprint density at radius 1 is 1.28 bits per heavy atom. The number of nitrogens with two attached hydrogens (primary N) is 1. The van der Waals surface area contributed by atoms with Gasteiger partial charge in [0, 0.05) is 18.5 Å². The molecule has 0 aromatic rings. The zero-order valence-corrected chi connectivity index (χ0v) is 12.1. The summed E-state index contributed by atoms with van der Waals surface area (Å²) in [5.41, 5.74) is 6.00. The number of carboxylic acids is 1. The molecule has 106 valence electrons. The second-order valence-corrected chi connectivity index (χ2v) is 6.24. The normalized spacial score (nSPS) is 13.5. The lowest BCUT2D eigenvalue weighted by molar-refractivity contribution is -0.146. The third-order valence-electron chi connectivity index (χ3n) is 2.56. The second kappa shape index (κ2) is 6.73. The minimum absolute atomic E-state index is 0.0646. The van der Waals surface area contributed by atoms with Crippen molar-refractivity contribution in [3.63, 3.8) is 0 Å². The van der Waals surface area contributed by atoms with Gasteiger partial charge in [-0.15, -0.1) is 0 Å². The van der Waals surface area contributed by atoms with E-state index in [0.29, 0.717) is 0 Å². The topological polar surface area (TPSA) is 83.6 Å². The average molecular weight is 258 g/mol. The van der Waals surface area contributed by atoms with Crippen LogP contribution in [0.1, 0.15) is 47.5 Å². The van der Waals surface area contributed by atoms with Crippen molar-refractivity contribution in [2.45, 2.75) is 59.5 Å². The molecule has 0 radical (unpaired) electrons. The third-order valence-corrected chi connectivity index (χ3v) is 2.56. The molecule has 5 nitrogen and oxygen atoms in total. The molecule has 0 fully saturated rings. The predicted molar refractivity (Wildman–Crippen MR) is 71.1 cm³/mol. The average Bonchev–Trinajstić information content (AvgIpc) is 2.09. The summed E-state index contributed by atoms with van der Waals surface area (Å²) in [5.74, 6) is -1.19. The molecule has 0 rings (SSSR count). The van der Waals surface area contributed by atoms with Crippen molar-refractivity contribution < 1.29 is 14.7 Å². The van der Waals surface area contributed by atoms with Gasteiger partial charge in [-0.3, -0.25) is 9.59 Å². The molecular formula is C13H26N2O3. The highest BCUT2D eigenvalue weighted by Crippen LogP contribution is 2.21. The molecule has 1 amide bonds. The zero-order chi connectivity index (χ0) is 14.5. The summed E-state index contributed by atoms with van der Waals surface area (Å²) in [6, 6.07) is -0.358. The highest BCUT2D eigenvalue weighted by Gasteiger charge is 2.24. The molecule has 3 N–H and O–H groups in total. The predicted octanol–water partition coefficient (Wildman–Crippen LogP) is 1.46. The van der Waals surface area contributed by atoms with Crippen LogP contribution in [0.5, 0.6) is 0 Å². The molecule has 0 aromatic carbocycles. The molecule has 0 spiro atoms. The van der Waals surface area contributed by atoms with Crippen molar-refractivity contribution in [2.75, 3.05) is 6.54 Å². The summed E-state index contributed by atoms with van der Waals surface area (Å²) in [6.45, 7) is 9.53. The number of hydrogen-bond donors (Lipinski definition) is 2. The number of carboxylic acid groups (broad SMARTS) is 1. The van der Waals surface area contributed by atoms with Crippen LogP contribution in [-0.2, 0) is 9.59 Å². The lowest BCUT2D eigenvalue weighted by atomic mass is 9.87. The Morgan fingerprint density at radius 2 is 1.78 bits per heavy atom. The number of rotatable bonds is 6. The molecule has 0 saturated carbocycles. The largest absolute Gasteiger partial charge is 0.480 e. The first kappa shape index (κ1) is 16.9. The van der Waals surface area contributed by atoms with Crippen LogP contribution in [0.25, 0.3) is 0 Å². The molecular weight excluding hydrogens is 232 g/mol. The Morgan fingerprint density at radius 3 is 2.11 bits per heavy atom. The summed E-state index contributed by atoms with van der Waals surface area (Å²) in [6.07, 6.45) is 0.931. The quantitative estimate of drug-likeness (QED) is 0.755. The van der Waals surface area contributed by atoms with Crippen LogP contribution in [0.4, 0.5) is 0 Å². The molecule has 18 heavy (non-hydrogen) atoms. The number of carbonyl (C=O) groups excluding carboxylic acids is 1. The summed E-state index contributed by atoms with van der Waals surface area (Å²) < 4.78 is 0. The third kappa shape index (κ3) is 7.27. The van der Waals surface area contributed by atoms with Crippen molar-refractivity contribution in [3.05, 3.63) is 0 Å². The zero-order valence-electron chi connectivity index (χ0n) is 12.1. The minimum atomic E-state index is -0.999. The molecule has 0 aromatic heterocycles. The maximum Gasteiger partial charge on any atom is 0.323 e. The molecule has 0 heterocycles. The van der Waals surface area contributed by atoms with Gasteiger partial charge in [0.25, 0.3) is 0 Å². The van der Waals surface area contributed by atoms with Crippen LogP contribution >= 0.6 is 0 Å². The number of nitrogens with zero attached hydrogens (tertiary/aromatic N) is 1. The van der Waals surface area contributed by atoms with E-state index in [1.807, 2.05) is 0 Å².